The Labute approximate surface area is 248 Å². The number of rotatable bonds is 5. The Kier molecular flexibility index (Phi) is 10.1. The zero-order valence-electron chi connectivity index (χ0n) is 24.6. The summed E-state index contributed by atoms with van der Waals surface area (Å²) < 4.78 is 31.7. The maximum absolute atomic E-state index is 12.9. The van der Waals surface area contributed by atoms with Crippen molar-refractivity contribution in [1.29, 1.82) is 5.26 Å². The first-order chi connectivity index (χ1) is 19.9. The van der Waals surface area contributed by atoms with Crippen LogP contribution in [0.25, 0.3) is 5.57 Å². The molecule has 2 aliphatic rings. The highest BCUT2D eigenvalue weighted by Gasteiger charge is 2.38. The molecule has 0 atom stereocenters. The van der Waals surface area contributed by atoms with Crippen molar-refractivity contribution in [2.45, 2.75) is 77.4 Å². The van der Waals surface area contributed by atoms with E-state index in [9.17, 15) is 22.8 Å². The first-order valence-corrected chi connectivity index (χ1v) is 13.9. The maximum Gasteiger partial charge on any atom is 0.490 e. The maximum atomic E-state index is 12.9. The number of anilines is 1. The number of alkyl halides is 3. The van der Waals surface area contributed by atoms with Crippen molar-refractivity contribution in [2.75, 3.05) is 18.4 Å². The number of nitriles is 1. The number of nitrogens with one attached hydrogen (secondary N) is 2. The van der Waals surface area contributed by atoms with Gasteiger partial charge in [0, 0.05) is 24.3 Å². The minimum Gasteiger partial charge on any atom is -0.475 e. The van der Waals surface area contributed by atoms with Gasteiger partial charge in [-0.2, -0.15) is 18.4 Å². The number of hydrogen-bond acceptors (Lipinski definition) is 6. The van der Waals surface area contributed by atoms with Gasteiger partial charge in [0.05, 0.1) is 11.7 Å². The monoisotopic (exact) mass is 602 g/mol. The first-order valence-electron chi connectivity index (χ1n) is 13.9. The summed E-state index contributed by atoms with van der Waals surface area (Å²) in [4.78, 5) is 43.0. The molecule has 1 aliphatic heterocycles. The number of halogens is 3. The molecule has 1 aromatic carbocycles. The van der Waals surface area contributed by atoms with Crippen LogP contribution in [0.2, 0.25) is 0 Å². The van der Waals surface area contributed by atoms with Crippen molar-refractivity contribution < 1.29 is 32.7 Å². The average molecular weight is 603 g/mol. The quantitative estimate of drug-likeness (QED) is 0.365. The van der Waals surface area contributed by atoms with Gasteiger partial charge in [0.1, 0.15) is 11.8 Å². The second-order valence-electron chi connectivity index (χ2n) is 12.2. The van der Waals surface area contributed by atoms with Gasteiger partial charge in [-0.05, 0) is 80.6 Å². The Bertz CT molecular complexity index is 1420. The minimum absolute atomic E-state index is 0.00726. The van der Waals surface area contributed by atoms with Crippen molar-refractivity contribution in [3.63, 3.8) is 0 Å². The van der Waals surface area contributed by atoms with E-state index in [4.69, 9.17) is 20.9 Å². The van der Waals surface area contributed by atoms with Crippen LogP contribution >= 0.6 is 0 Å². The van der Waals surface area contributed by atoms with Gasteiger partial charge in [-0.1, -0.05) is 26.0 Å². The van der Waals surface area contributed by atoms with Crippen LogP contribution in [0, 0.1) is 16.7 Å². The van der Waals surface area contributed by atoms with Crippen LogP contribution in [0.3, 0.4) is 0 Å². The molecule has 5 N–H and O–H groups in total. The van der Waals surface area contributed by atoms with Gasteiger partial charge in [-0.3, -0.25) is 9.59 Å². The summed E-state index contributed by atoms with van der Waals surface area (Å²) in [6.45, 7) is 9.44. The molecule has 0 spiro atoms. The van der Waals surface area contributed by atoms with Crippen LogP contribution in [-0.2, 0) is 9.59 Å². The van der Waals surface area contributed by atoms with Crippen molar-refractivity contribution in [2.24, 2.45) is 11.1 Å². The second kappa shape index (κ2) is 13.0. The first kappa shape index (κ1) is 33.3. The number of likely N-dealkylation sites (tertiary alicyclic amines) is 1. The minimum atomic E-state index is -5.08. The smallest absolute Gasteiger partial charge is 0.475 e. The fraction of sp³-hybridized carbons (Fsp3) is 0.500. The Morgan fingerprint density at radius 3 is 2.33 bits per heavy atom. The molecule has 1 aliphatic carbocycles. The number of piperidine rings is 1. The number of carboxylic acid groups (broad SMARTS) is 1. The van der Waals surface area contributed by atoms with Crippen LogP contribution in [0.1, 0.15) is 93.2 Å². The van der Waals surface area contributed by atoms with Crippen LogP contribution in [0.5, 0.6) is 0 Å². The number of imidazole rings is 1. The Balaban J connectivity index is 0.000000646. The van der Waals surface area contributed by atoms with Gasteiger partial charge in [-0.15, -0.1) is 0 Å². The summed E-state index contributed by atoms with van der Waals surface area (Å²) >= 11 is 0. The van der Waals surface area contributed by atoms with Gasteiger partial charge in [0.15, 0.2) is 5.82 Å². The van der Waals surface area contributed by atoms with Crippen LogP contribution < -0.4 is 11.1 Å². The lowest BCUT2D eigenvalue weighted by molar-refractivity contribution is -0.192. The van der Waals surface area contributed by atoms with E-state index in [1.165, 1.54) is 17.3 Å². The number of nitrogens with zero attached hydrogens (tertiary/aromatic N) is 3. The van der Waals surface area contributed by atoms with Crippen LogP contribution in [-0.4, -0.2) is 62.6 Å². The largest absolute Gasteiger partial charge is 0.490 e. The molecule has 13 heteroatoms. The van der Waals surface area contributed by atoms with Crippen molar-refractivity contribution in [3.8, 4) is 6.07 Å². The fourth-order valence-electron chi connectivity index (χ4n) is 5.01. The van der Waals surface area contributed by atoms with E-state index in [1.54, 1.807) is 13.8 Å². The van der Waals surface area contributed by atoms with Gasteiger partial charge in [0.25, 0.3) is 5.91 Å². The van der Waals surface area contributed by atoms with E-state index < -0.39 is 17.7 Å². The molecule has 0 radical (unpaired) electrons. The van der Waals surface area contributed by atoms with E-state index in [2.05, 4.69) is 47.3 Å². The predicted molar refractivity (Wildman–Crippen MR) is 154 cm³/mol. The topological polar surface area (TPSA) is 165 Å². The number of amides is 2. The molecule has 232 valence electrons. The lowest BCUT2D eigenvalue weighted by Crippen LogP contribution is -2.53. The van der Waals surface area contributed by atoms with Gasteiger partial charge >= 0.3 is 12.1 Å². The number of allylic oxidation sites excluding steroid dienone is 2. The SMILES string of the molecule is CC1(C)CC=C(c2cc(C3CCN(C(=O)C(C)(C)N)CC3)ccc2NC(=O)c2ncc(C#N)[nH]2)CC1.O=C(O)C(F)(F)F. The highest BCUT2D eigenvalue weighted by atomic mass is 19.4. The molecule has 1 fully saturated rings. The van der Waals surface area contributed by atoms with Crippen molar-refractivity contribution >= 4 is 29.0 Å². The number of carbonyl (C=O) groups is 3. The number of aliphatic carboxylic acids is 1. The van der Waals surface area contributed by atoms with E-state index in [0.29, 0.717) is 19.0 Å². The summed E-state index contributed by atoms with van der Waals surface area (Å²) in [5.74, 6) is -2.69. The van der Waals surface area contributed by atoms with E-state index >= 15 is 0 Å². The predicted octanol–water partition coefficient (Wildman–Crippen LogP) is 5.20. The van der Waals surface area contributed by atoms with Crippen LogP contribution in [0.15, 0.2) is 30.5 Å². The molecular weight excluding hydrogens is 565 g/mol. The molecule has 2 heterocycles. The standard InChI is InChI=1S/C28H36N6O2.C2HF3O2/c1-27(2)11-7-19(8-12-27)22-15-20(18-9-13-34(14-10-18)26(36)28(3,4)30)5-6-23(22)33-25(35)24-31-17-21(16-29)32-24;3-2(4,5)1(6)7/h5-7,15,17-18H,8-14,30H2,1-4H3,(H,31,32)(H,33,35);(H,6,7). The van der Waals surface area contributed by atoms with Crippen molar-refractivity contribution in [1.82, 2.24) is 14.9 Å². The number of aromatic nitrogens is 2. The molecule has 1 aromatic heterocycles. The number of hydrogen-bond donors (Lipinski definition) is 4. The summed E-state index contributed by atoms with van der Waals surface area (Å²) in [7, 11) is 0. The third-order valence-electron chi connectivity index (χ3n) is 7.57. The number of H-pyrrole nitrogens is 1. The number of carboxylic acids is 1. The highest BCUT2D eigenvalue weighted by Crippen LogP contribution is 2.41. The summed E-state index contributed by atoms with van der Waals surface area (Å²) in [6, 6.07) is 8.21. The molecule has 0 unspecified atom stereocenters. The molecule has 43 heavy (non-hydrogen) atoms. The molecular formula is C30H37F3N6O4. The third kappa shape index (κ3) is 8.90. The molecule has 0 saturated carbocycles. The lowest BCUT2D eigenvalue weighted by Gasteiger charge is -2.36. The third-order valence-corrected chi connectivity index (χ3v) is 7.57. The van der Waals surface area contributed by atoms with Crippen molar-refractivity contribution in [3.05, 3.63) is 53.1 Å². The van der Waals surface area contributed by atoms with E-state index in [1.807, 2.05) is 17.0 Å². The molecule has 4 rings (SSSR count). The zero-order valence-corrected chi connectivity index (χ0v) is 24.6. The van der Waals surface area contributed by atoms with Gasteiger partial charge in [-0.25, -0.2) is 9.78 Å². The number of nitrogens with two attached hydrogens (primary N) is 1. The Hall–Kier alpha value is -4.18. The van der Waals surface area contributed by atoms with Crippen LogP contribution in [0.4, 0.5) is 18.9 Å². The molecule has 2 amide bonds. The number of carbonyl (C=O) groups excluding carboxylic acids is 2. The number of aromatic amines is 1. The fourth-order valence-corrected chi connectivity index (χ4v) is 5.01. The van der Waals surface area contributed by atoms with Gasteiger partial charge < -0.3 is 26.0 Å². The number of benzene rings is 1. The zero-order chi connectivity index (χ0) is 32.2. The lowest BCUT2D eigenvalue weighted by atomic mass is 9.76. The summed E-state index contributed by atoms with van der Waals surface area (Å²) in [5, 5.41) is 19.2. The summed E-state index contributed by atoms with van der Waals surface area (Å²) in [5.41, 5.74) is 9.91. The Morgan fingerprint density at radius 2 is 1.84 bits per heavy atom. The average Bonchev–Trinajstić information content (AvgIpc) is 3.42. The molecule has 10 nitrogen and oxygen atoms in total. The van der Waals surface area contributed by atoms with Gasteiger partial charge in [0.2, 0.25) is 5.91 Å². The van der Waals surface area contributed by atoms with E-state index in [-0.39, 0.29) is 28.7 Å². The van der Waals surface area contributed by atoms with E-state index in [0.717, 1.165) is 43.4 Å². The molecule has 2 aromatic rings. The second-order valence-corrected chi connectivity index (χ2v) is 12.2. The molecule has 0 bridgehead atoms. The normalized spacial score (nSPS) is 17.2. The summed E-state index contributed by atoms with van der Waals surface area (Å²) in [6.07, 6.45) is 3.33. The Morgan fingerprint density at radius 1 is 1.21 bits per heavy atom. The highest BCUT2D eigenvalue weighted by molar-refractivity contribution is 6.03. The molecule has 1 saturated heterocycles.